The van der Waals surface area contributed by atoms with E-state index in [1.54, 1.807) is 23.9 Å². The normalized spacial score (nSPS) is 12.4. The van der Waals surface area contributed by atoms with Gasteiger partial charge in [0.25, 0.3) is 0 Å². The quantitative estimate of drug-likeness (QED) is 0.576. The van der Waals surface area contributed by atoms with Crippen LogP contribution in [0.2, 0.25) is 0 Å². The second-order valence-electron chi connectivity index (χ2n) is 7.09. The molecule has 1 amide bonds. The molecule has 0 fully saturated rings. The Labute approximate surface area is 178 Å². The average molecular weight is 435 g/mol. The minimum absolute atomic E-state index is 0.269. The van der Waals surface area contributed by atoms with Crippen LogP contribution < -0.4 is 9.62 Å². The average Bonchev–Trinajstić information content (AvgIpc) is 2.67. The molecule has 0 heterocycles. The van der Waals surface area contributed by atoms with Crippen LogP contribution in [-0.4, -0.2) is 38.9 Å². The Hall–Kier alpha value is -1.99. The summed E-state index contributed by atoms with van der Waals surface area (Å²) in [5.41, 5.74) is 4.09. The highest BCUT2D eigenvalue weighted by molar-refractivity contribution is 7.98. The van der Waals surface area contributed by atoms with E-state index in [-0.39, 0.29) is 5.91 Å². The molecule has 0 radical (unpaired) electrons. The fourth-order valence-electron chi connectivity index (χ4n) is 3.07. The first kappa shape index (κ1) is 23.3. The van der Waals surface area contributed by atoms with Gasteiger partial charge in [-0.15, -0.1) is 0 Å². The van der Waals surface area contributed by atoms with Gasteiger partial charge in [-0.2, -0.15) is 11.8 Å². The summed E-state index contributed by atoms with van der Waals surface area (Å²) in [4.78, 5) is 12.8. The third-order valence-corrected chi connectivity index (χ3v) is 6.87. The first-order valence-corrected chi connectivity index (χ1v) is 12.7. The number of sulfonamides is 1. The van der Waals surface area contributed by atoms with Crippen molar-refractivity contribution in [1.29, 1.82) is 0 Å². The number of carbonyl (C=O) groups excluding carboxylic acids is 1. The van der Waals surface area contributed by atoms with E-state index in [0.29, 0.717) is 18.7 Å². The molecule has 0 saturated carbocycles. The molecular formula is C22H30N2O3S2. The minimum atomic E-state index is -3.60. The highest BCUT2D eigenvalue weighted by atomic mass is 32.2. The van der Waals surface area contributed by atoms with E-state index in [4.69, 9.17) is 0 Å². The summed E-state index contributed by atoms with van der Waals surface area (Å²) in [6, 6.07) is 14.7. The van der Waals surface area contributed by atoms with Crippen molar-refractivity contribution in [3.63, 3.8) is 0 Å². The Morgan fingerprint density at radius 1 is 1.10 bits per heavy atom. The number of rotatable bonds is 10. The Bertz CT molecular complexity index is 912. The van der Waals surface area contributed by atoms with Gasteiger partial charge in [0.05, 0.1) is 11.9 Å². The van der Waals surface area contributed by atoms with Crippen LogP contribution in [0, 0.1) is 13.8 Å². The molecule has 2 aromatic carbocycles. The molecule has 1 atom stereocenters. The number of aryl methyl sites for hydroxylation is 2. The van der Waals surface area contributed by atoms with E-state index in [2.05, 4.69) is 24.4 Å². The van der Waals surface area contributed by atoms with E-state index in [1.807, 2.05) is 38.1 Å². The maximum absolute atomic E-state index is 12.8. The molecule has 5 nitrogen and oxygen atoms in total. The van der Waals surface area contributed by atoms with Gasteiger partial charge in [0.1, 0.15) is 6.04 Å². The largest absolute Gasteiger partial charge is 0.353 e. The molecule has 2 rings (SSSR count). The summed E-state index contributed by atoms with van der Waals surface area (Å²) in [5, 5.41) is 2.90. The highest BCUT2D eigenvalue weighted by Gasteiger charge is 2.31. The molecule has 0 spiro atoms. The number of hydrogen-bond donors (Lipinski definition) is 1. The first-order chi connectivity index (χ1) is 13.7. The van der Waals surface area contributed by atoms with Crippen molar-refractivity contribution >= 4 is 33.4 Å². The van der Waals surface area contributed by atoms with Gasteiger partial charge in [0, 0.05) is 18.1 Å². The molecule has 0 aliphatic rings. The molecule has 2 aromatic rings. The zero-order valence-electron chi connectivity index (χ0n) is 17.5. The zero-order valence-corrected chi connectivity index (χ0v) is 19.1. The second-order valence-corrected chi connectivity index (χ2v) is 10.1. The van der Waals surface area contributed by atoms with Crippen LogP contribution in [0.25, 0.3) is 0 Å². The Kier molecular flexibility index (Phi) is 8.59. The summed E-state index contributed by atoms with van der Waals surface area (Å²) in [6.07, 6.45) is 1.53. The van der Waals surface area contributed by atoms with E-state index in [1.165, 1.54) is 15.4 Å². The van der Waals surface area contributed by atoms with E-state index >= 15 is 0 Å². The predicted octanol–water partition coefficient (Wildman–Crippen LogP) is 3.90. The maximum Gasteiger partial charge on any atom is 0.243 e. The van der Waals surface area contributed by atoms with E-state index in [9.17, 15) is 13.2 Å². The van der Waals surface area contributed by atoms with Gasteiger partial charge in [0.2, 0.25) is 15.9 Å². The fourth-order valence-corrected chi connectivity index (χ4v) is 5.22. The molecular weight excluding hydrogens is 404 g/mol. The number of amides is 1. The number of nitrogens with one attached hydrogen (secondary N) is 1. The minimum Gasteiger partial charge on any atom is -0.353 e. The van der Waals surface area contributed by atoms with Gasteiger partial charge in [-0.1, -0.05) is 48.9 Å². The van der Waals surface area contributed by atoms with Crippen LogP contribution >= 0.6 is 11.8 Å². The van der Waals surface area contributed by atoms with Crippen LogP contribution in [0.1, 0.15) is 30.0 Å². The summed E-state index contributed by atoms with van der Waals surface area (Å²) in [5.74, 6) is 1.38. The monoisotopic (exact) mass is 434 g/mol. The molecule has 0 aliphatic carbocycles. The van der Waals surface area contributed by atoms with Gasteiger partial charge in [0.15, 0.2) is 0 Å². The van der Waals surface area contributed by atoms with Crippen molar-refractivity contribution in [2.45, 2.75) is 39.0 Å². The van der Waals surface area contributed by atoms with Crippen molar-refractivity contribution in [3.8, 4) is 0 Å². The van der Waals surface area contributed by atoms with Crippen molar-refractivity contribution in [2.75, 3.05) is 22.9 Å². The molecule has 7 heteroatoms. The first-order valence-electron chi connectivity index (χ1n) is 9.70. The summed E-state index contributed by atoms with van der Waals surface area (Å²) in [7, 11) is -3.60. The molecule has 0 aliphatic heterocycles. The van der Waals surface area contributed by atoms with Gasteiger partial charge >= 0.3 is 0 Å². The number of anilines is 1. The van der Waals surface area contributed by atoms with Gasteiger partial charge in [-0.25, -0.2) is 8.42 Å². The Morgan fingerprint density at radius 2 is 1.76 bits per heavy atom. The van der Waals surface area contributed by atoms with Gasteiger partial charge < -0.3 is 5.32 Å². The van der Waals surface area contributed by atoms with Crippen molar-refractivity contribution in [1.82, 2.24) is 5.32 Å². The lowest BCUT2D eigenvalue weighted by atomic mass is 10.1. The van der Waals surface area contributed by atoms with Crippen LogP contribution in [0.5, 0.6) is 0 Å². The number of hydrogen-bond acceptors (Lipinski definition) is 4. The van der Waals surface area contributed by atoms with Crippen LogP contribution in [-0.2, 0) is 20.6 Å². The summed E-state index contributed by atoms with van der Waals surface area (Å²) >= 11 is 1.75. The Balaban J connectivity index is 1.97. The second kappa shape index (κ2) is 10.7. The lowest BCUT2D eigenvalue weighted by molar-refractivity contribution is -0.122. The fraction of sp³-hybridized carbons (Fsp3) is 0.409. The third kappa shape index (κ3) is 6.78. The smallest absolute Gasteiger partial charge is 0.243 e. The number of carbonyl (C=O) groups is 1. The zero-order chi connectivity index (χ0) is 21.4. The topological polar surface area (TPSA) is 66.5 Å². The van der Waals surface area contributed by atoms with Crippen LogP contribution in [0.15, 0.2) is 48.5 Å². The number of benzene rings is 2. The standard InChI is InChI=1S/C22H30N2O3S2/c1-5-21(24(29(4,26)27)20-12-10-17(2)11-13-20)22(25)23-14-15-28-16-19-9-7-6-8-18(19)3/h6-13,21H,5,14-16H2,1-4H3,(H,23,25)/t21-/m1/s1. The third-order valence-electron chi connectivity index (χ3n) is 4.68. The van der Waals surface area contributed by atoms with E-state index in [0.717, 1.165) is 23.3 Å². The maximum atomic E-state index is 12.8. The van der Waals surface area contributed by atoms with Gasteiger partial charge in [-0.3, -0.25) is 9.10 Å². The van der Waals surface area contributed by atoms with Crippen molar-refractivity contribution in [3.05, 3.63) is 65.2 Å². The summed E-state index contributed by atoms with van der Waals surface area (Å²) < 4.78 is 26.1. The highest BCUT2D eigenvalue weighted by Crippen LogP contribution is 2.23. The summed E-state index contributed by atoms with van der Waals surface area (Å²) in [6.45, 7) is 6.35. The molecule has 0 bridgehead atoms. The van der Waals surface area contributed by atoms with E-state index < -0.39 is 16.1 Å². The molecule has 1 N–H and O–H groups in total. The van der Waals surface area contributed by atoms with Crippen LogP contribution in [0.4, 0.5) is 5.69 Å². The number of thioether (sulfide) groups is 1. The molecule has 0 aromatic heterocycles. The van der Waals surface area contributed by atoms with Crippen molar-refractivity contribution in [2.24, 2.45) is 0 Å². The number of nitrogens with zero attached hydrogens (tertiary/aromatic N) is 1. The van der Waals surface area contributed by atoms with Crippen LogP contribution in [0.3, 0.4) is 0 Å². The Morgan fingerprint density at radius 3 is 2.34 bits per heavy atom. The molecule has 0 saturated heterocycles. The molecule has 158 valence electrons. The predicted molar refractivity (Wildman–Crippen MR) is 123 cm³/mol. The molecule has 0 unspecified atom stereocenters. The lowest BCUT2D eigenvalue weighted by Crippen LogP contribution is -2.49. The van der Waals surface area contributed by atoms with Crippen molar-refractivity contribution < 1.29 is 13.2 Å². The van der Waals surface area contributed by atoms with Gasteiger partial charge in [-0.05, 0) is 43.5 Å². The lowest BCUT2D eigenvalue weighted by Gasteiger charge is -2.30. The SMILES string of the molecule is CC[C@H](C(=O)NCCSCc1ccccc1C)N(c1ccc(C)cc1)S(C)(=O)=O. The molecule has 29 heavy (non-hydrogen) atoms.